The van der Waals surface area contributed by atoms with Crippen molar-refractivity contribution in [3.8, 4) is 6.07 Å². The van der Waals surface area contributed by atoms with Gasteiger partial charge in [0.05, 0.1) is 10.5 Å². The number of aliphatic carboxylic acids is 1. The molecule has 1 aliphatic heterocycles. The van der Waals surface area contributed by atoms with Crippen LogP contribution in [0, 0.1) is 21.4 Å². The lowest BCUT2D eigenvalue weighted by Crippen LogP contribution is -2.45. The van der Waals surface area contributed by atoms with Gasteiger partial charge in [-0.2, -0.15) is 5.26 Å². The van der Waals surface area contributed by atoms with Crippen LogP contribution in [0.4, 0.5) is 11.5 Å². The second-order valence-electron chi connectivity index (χ2n) is 4.48. The first-order chi connectivity index (χ1) is 9.54. The van der Waals surface area contributed by atoms with E-state index in [1.807, 2.05) is 0 Å². The quantitative estimate of drug-likeness (QED) is 0.652. The van der Waals surface area contributed by atoms with Gasteiger partial charge in [-0.05, 0) is 19.3 Å². The molecule has 1 fully saturated rings. The molecule has 20 heavy (non-hydrogen) atoms. The highest BCUT2D eigenvalue weighted by Gasteiger charge is 2.33. The molecule has 1 N–H and O–H groups in total. The largest absolute Gasteiger partial charge is 0.480 e. The number of hydrogen-bond donors (Lipinski definition) is 1. The molecule has 0 saturated carbocycles. The van der Waals surface area contributed by atoms with Gasteiger partial charge < -0.3 is 10.0 Å². The highest BCUT2D eigenvalue weighted by atomic mass is 16.6. The number of carbonyl (C=O) groups is 1. The minimum Gasteiger partial charge on any atom is -0.480 e. The van der Waals surface area contributed by atoms with Crippen molar-refractivity contribution in [2.24, 2.45) is 0 Å². The first-order valence-electron chi connectivity index (χ1n) is 6.08. The average Bonchev–Trinajstić information content (AvgIpc) is 2.46. The Bertz CT molecular complexity index is 596. The third kappa shape index (κ3) is 2.51. The number of nitro groups is 1. The fraction of sp³-hybridized carbons (Fsp3) is 0.417. The molecular weight excluding hydrogens is 264 g/mol. The molecular formula is C12H12N4O4. The molecule has 1 aliphatic rings. The van der Waals surface area contributed by atoms with Gasteiger partial charge in [-0.15, -0.1) is 0 Å². The van der Waals surface area contributed by atoms with Crippen LogP contribution in [0.3, 0.4) is 0 Å². The lowest BCUT2D eigenvalue weighted by molar-refractivity contribution is -0.384. The molecule has 1 atom stereocenters. The van der Waals surface area contributed by atoms with Crippen molar-refractivity contribution in [3.05, 3.63) is 27.9 Å². The van der Waals surface area contributed by atoms with Crippen molar-refractivity contribution in [2.45, 2.75) is 25.3 Å². The van der Waals surface area contributed by atoms with Gasteiger partial charge in [0, 0.05) is 18.8 Å². The highest BCUT2D eigenvalue weighted by molar-refractivity contribution is 5.79. The third-order valence-corrected chi connectivity index (χ3v) is 3.23. The first-order valence-corrected chi connectivity index (χ1v) is 6.08. The molecule has 1 saturated heterocycles. The molecule has 2 rings (SSSR count). The van der Waals surface area contributed by atoms with Crippen LogP contribution in [0.25, 0.3) is 0 Å². The van der Waals surface area contributed by atoms with Gasteiger partial charge in [-0.1, -0.05) is 0 Å². The minimum atomic E-state index is -1.02. The van der Waals surface area contributed by atoms with E-state index in [-0.39, 0.29) is 17.1 Å². The molecule has 8 heteroatoms. The maximum atomic E-state index is 11.3. The van der Waals surface area contributed by atoms with E-state index < -0.39 is 16.9 Å². The van der Waals surface area contributed by atoms with Crippen LogP contribution in [0.5, 0.6) is 0 Å². The number of carboxylic acids is 1. The number of anilines is 1. The van der Waals surface area contributed by atoms with Crippen LogP contribution in [0.1, 0.15) is 24.8 Å². The van der Waals surface area contributed by atoms with Gasteiger partial charge in [0.15, 0.2) is 0 Å². The van der Waals surface area contributed by atoms with Gasteiger partial charge in [0.1, 0.15) is 12.1 Å². The molecule has 0 aliphatic carbocycles. The zero-order valence-corrected chi connectivity index (χ0v) is 10.5. The number of hydrogen-bond acceptors (Lipinski definition) is 6. The molecule has 1 unspecified atom stereocenters. The van der Waals surface area contributed by atoms with E-state index in [0.717, 1.165) is 18.9 Å². The van der Waals surface area contributed by atoms with Crippen LogP contribution < -0.4 is 4.90 Å². The summed E-state index contributed by atoms with van der Waals surface area (Å²) in [5, 5.41) is 29.1. The predicted octanol–water partition coefficient (Wildman–Crippen LogP) is 1.30. The molecule has 2 heterocycles. The molecule has 1 aromatic heterocycles. The molecule has 104 valence electrons. The predicted molar refractivity (Wildman–Crippen MR) is 68.2 cm³/mol. The van der Waals surface area contributed by atoms with Gasteiger partial charge in [-0.3, -0.25) is 10.1 Å². The van der Waals surface area contributed by atoms with E-state index in [1.165, 1.54) is 11.1 Å². The van der Waals surface area contributed by atoms with Gasteiger partial charge in [0.25, 0.3) is 0 Å². The number of pyridine rings is 1. The summed E-state index contributed by atoms with van der Waals surface area (Å²) in [7, 11) is 0. The fourth-order valence-corrected chi connectivity index (χ4v) is 2.30. The lowest BCUT2D eigenvalue weighted by atomic mass is 10.0. The van der Waals surface area contributed by atoms with E-state index in [1.54, 1.807) is 6.07 Å². The Balaban J connectivity index is 2.47. The second-order valence-corrected chi connectivity index (χ2v) is 4.48. The number of piperidine rings is 1. The molecule has 0 bridgehead atoms. The molecule has 8 nitrogen and oxygen atoms in total. The highest BCUT2D eigenvalue weighted by Crippen LogP contribution is 2.31. The van der Waals surface area contributed by atoms with Gasteiger partial charge in [0.2, 0.25) is 5.82 Å². The Morgan fingerprint density at radius 3 is 2.95 bits per heavy atom. The number of carboxylic acid groups (broad SMARTS) is 1. The molecule has 1 aromatic rings. The zero-order chi connectivity index (χ0) is 14.7. The summed E-state index contributed by atoms with van der Waals surface area (Å²) in [6.07, 6.45) is 3.16. The van der Waals surface area contributed by atoms with E-state index in [0.29, 0.717) is 13.0 Å². The van der Waals surface area contributed by atoms with Crippen molar-refractivity contribution in [2.75, 3.05) is 11.4 Å². The molecule has 0 radical (unpaired) electrons. The van der Waals surface area contributed by atoms with Crippen LogP contribution in [0.2, 0.25) is 0 Å². The monoisotopic (exact) mass is 276 g/mol. The van der Waals surface area contributed by atoms with Crippen molar-refractivity contribution in [3.63, 3.8) is 0 Å². The summed E-state index contributed by atoms with van der Waals surface area (Å²) in [4.78, 5) is 27.1. The van der Waals surface area contributed by atoms with Crippen molar-refractivity contribution in [1.82, 2.24) is 4.98 Å². The lowest BCUT2D eigenvalue weighted by Gasteiger charge is -2.33. The average molecular weight is 276 g/mol. The van der Waals surface area contributed by atoms with Crippen molar-refractivity contribution < 1.29 is 14.8 Å². The normalized spacial score (nSPS) is 18.4. The van der Waals surface area contributed by atoms with E-state index in [2.05, 4.69) is 4.98 Å². The van der Waals surface area contributed by atoms with Crippen molar-refractivity contribution >= 4 is 17.5 Å². The Morgan fingerprint density at radius 1 is 1.60 bits per heavy atom. The Labute approximate surface area is 114 Å². The van der Waals surface area contributed by atoms with Crippen LogP contribution in [-0.2, 0) is 4.79 Å². The number of nitriles is 1. The molecule has 0 amide bonds. The topological polar surface area (TPSA) is 120 Å². The first kappa shape index (κ1) is 13.7. The van der Waals surface area contributed by atoms with E-state index in [4.69, 9.17) is 5.26 Å². The van der Waals surface area contributed by atoms with Crippen molar-refractivity contribution in [1.29, 1.82) is 5.26 Å². The summed E-state index contributed by atoms with van der Waals surface area (Å²) in [6, 6.07) is 2.09. The number of rotatable bonds is 3. The number of nitrogens with zero attached hydrogens (tertiary/aromatic N) is 4. The SMILES string of the molecule is N#Cc1cnc(N2CCCCC2C(=O)O)c([N+](=O)[O-])c1. The van der Waals surface area contributed by atoms with Crippen LogP contribution in [-0.4, -0.2) is 33.6 Å². The summed E-state index contributed by atoms with van der Waals surface area (Å²) >= 11 is 0. The van der Waals surface area contributed by atoms with Crippen LogP contribution >= 0.6 is 0 Å². The summed E-state index contributed by atoms with van der Waals surface area (Å²) in [5.74, 6) is -1.01. The molecule has 0 spiro atoms. The van der Waals surface area contributed by atoms with Gasteiger partial charge in [-0.25, -0.2) is 9.78 Å². The second kappa shape index (κ2) is 5.52. The number of aromatic nitrogens is 1. The Kier molecular flexibility index (Phi) is 3.79. The Morgan fingerprint density at radius 2 is 2.35 bits per heavy atom. The zero-order valence-electron chi connectivity index (χ0n) is 10.5. The fourth-order valence-electron chi connectivity index (χ4n) is 2.30. The minimum absolute atomic E-state index is 0.0149. The third-order valence-electron chi connectivity index (χ3n) is 3.23. The Hall–Kier alpha value is -2.69. The van der Waals surface area contributed by atoms with E-state index >= 15 is 0 Å². The van der Waals surface area contributed by atoms with Gasteiger partial charge >= 0.3 is 11.7 Å². The summed E-state index contributed by atoms with van der Waals surface area (Å²) < 4.78 is 0. The van der Waals surface area contributed by atoms with E-state index in [9.17, 15) is 20.0 Å². The molecule has 0 aromatic carbocycles. The summed E-state index contributed by atoms with van der Waals surface area (Å²) in [5.41, 5.74) is -0.262. The smallest absolute Gasteiger partial charge is 0.326 e. The maximum Gasteiger partial charge on any atom is 0.326 e. The standard InChI is InChI=1S/C12H12N4O4/c13-6-8-5-10(16(19)20)11(14-7-8)15-4-2-1-3-9(15)12(17)18/h5,7,9H,1-4H2,(H,17,18). The maximum absolute atomic E-state index is 11.3. The van der Waals surface area contributed by atoms with Crippen LogP contribution in [0.15, 0.2) is 12.3 Å². The summed E-state index contributed by atoms with van der Waals surface area (Å²) in [6.45, 7) is 0.400.